The van der Waals surface area contributed by atoms with Crippen molar-refractivity contribution in [3.8, 4) is 12.3 Å². The van der Waals surface area contributed by atoms with Gasteiger partial charge in [-0.25, -0.2) is 18.2 Å². The van der Waals surface area contributed by atoms with Gasteiger partial charge in [-0.2, -0.15) is 4.31 Å². The molecule has 290 valence electrons. The van der Waals surface area contributed by atoms with Gasteiger partial charge in [-0.15, -0.1) is 18.9 Å². The zero-order valence-electron chi connectivity index (χ0n) is 31.7. The topological polar surface area (TPSA) is 187 Å². The van der Waals surface area contributed by atoms with E-state index in [1.807, 2.05) is 34.6 Å². The number of piperidine rings is 1. The molecule has 2 heterocycles. The predicted octanol–water partition coefficient (Wildman–Crippen LogP) is 2.23. The van der Waals surface area contributed by atoms with Gasteiger partial charge in [-0.3, -0.25) is 19.2 Å². The number of pyridine rings is 1. The van der Waals surface area contributed by atoms with Gasteiger partial charge in [0.05, 0.1) is 0 Å². The summed E-state index contributed by atoms with van der Waals surface area (Å²) in [4.78, 5) is 73.5. The molecule has 1 aromatic rings. The maximum atomic E-state index is 14.6. The molecular weight excluding hydrogens is 699 g/mol. The molecule has 0 aromatic carbocycles. The SMILES string of the molecule is C#CCC(NC(=O)[C@@H]1[C@@H]2[C@H](CN1C(=O)[C@@H](NC(=O)N[C@H](CN(C)S(=O)(=O)c1ccccn1)C(C)(C)C)C1CCCCC1)C2(C)C)C(=O)C(=O)NCC=C. The summed E-state index contributed by atoms with van der Waals surface area (Å²) in [6.45, 7) is 13.5. The molecule has 14 nitrogen and oxygen atoms in total. The zero-order valence-corrected chi connectivity index (χ0v) is 32.5. The molecule has 5 amide bonds. The predicted molar refractivity (Wildman–Crippen MR) is 199 cm³/mol. The Morgan fingerprint density at radius 2 is 1.79 bits per heavy atom. The molecule has 0 bridgehead atoms. The summed E-state index contributed by atoms with van der Waals surface area (Å²) in [5.74, 6) is -0.818. The van der Waals surface area contributed by atoms with Crippen LogP contribution in [-0.4, -0.2) is 103 Å². The molecule has 1 saturated heterocycles. The van der Waals surface area contributed by atoms with E-state index in [-0.39, 0.29) is 54.2 Å². The van der Waals surface area contributed by atoms with Crippen molar-refractivity contribution in [3.63, 3.8) is 0 Å². The second-order valence-electron chi connectivity index (χ2n) is 16.1. The minimum absolute atomic E-state index is 0.0163. The summed E-state index contributed by atoms with van der Waals surface area (Å²) in [5, 5.41) is 10.9. The van der Waals surface area contributed by atoms with Crippen molar-refractivity contribution in [2.45, 2.75) is 102 Å². The maximum absolute atomic E-state index is 14.6. The first kappa shape index (κ1) is 41.5. The smallest absolute Gasteiger partial charge is 0.315 e. The lowest BCUT2D eigenvalue weighted by molar-refractivity contribution is -0.144. The Balaban J connectivity index is 1.56. The van der Waals surface area contributed by atoms with E-state index < -0.39 is 69.1 Å². The van der Waals surface area contributed by atoms with Gasteiger partial charge in [0.15, 0.2) is 5.03 Å². The summed E-state index contributed by atoms with van der Waals surface area (Å²) in [5.41, 5.74) is -0.839. The highest BCUT2D eigenvalue weighted by Gasteiger charge is 2.69. The summed E-state index contributed by atoms with van der Waals surface area (Å²) in [6.07, 6.45) is 12.3. The largest absolute Gasteiger partial charge is 0.346 e. The number of ketones is 1. The van der Waals surface area contributed by atoms with Crippen LogP contribution in [0.25, 0.3) is 0 Å². The number of fused-ring (bicyclic) bond motifs is 1. The van der Waals surface area contributed by atoms with Gasteiger partial charge in [-0.1, -0.05) is 66.0 Å². The average Bonchev–Trinajstić information content (AvgIpc) is 3.42. The molecule has 15 heteroatoms. The van der Waals surface area contributed by atoms with Crippen molar-refractivity contribution >= 4 is 39.6 Å². The fraction of sp³-hybridized carbons (Fsp3) is 0.632. The minimum atomic E-state index is -3.95. The maximum Gasteiger partial charge on any atom is 0.315 e. The normalized spacial score (nSPS) is 22.7. The van der Waals surface area contributed by atoms with E-state index in [4.69, 9.17) is 6.42 Å². The number of amides is 5. The number of terminal acetylenes is 1. The molecule has 3 aliphatic rings. The zero-order chi connectivity index (χ0) is 39.3. The monoisotopic (exact) mass is 753 g/mol. The molecule has 1 unspecified atom stereocenters. The lowest BCUT2D eigenvalue weighted by Crippen LogP contribution is -2.61. The van der Waals surface area contributed by atoms with Crippen molar-refractivity contribution in [1.29, 1.82) is 0 Å². The van der Waals surface area contributed by atoms with Gasteiger partial charge in [-0.05, 0) is 53.6 Å². The van der Waals surface area contributed by atoms with Gasteiger partial charge in [0, 0.05) is 45.3 Å². The van der Waals surface area contributed by atoms with Crippen LogP contribution < -0.4 is 21.3 Å². The van der Waals surface area contributed by atoms with Crippen LogP contribution in [0.15, 0.2) is 42.1 Å². The first-order valence-electron chi connectivity index (χ1n) is 18.3. The fourth-order valence-corrected chi connectivity index (χ4v) is 8.84. The number of sulfonamides is 1. The quantitative estimate of drug-likeness (QED) is 0.119. The third kappa shape index (κ3) is 9.45. The van der Waals surface area contributed by atoms with Gasteiger partial charge < -0.3 is 26.2 Å². The number of urea groups is 1. The first-order chi connectivity index (χ1) is 24.9. The summed E-state index contributed by atoms with van der Waals surface area (Å²) >= 11 is 0. The number of hydrogen-bond acceptors (Lipinski definition) is 8. The number of carbonyl (C=O) groups is 5. The van der Waals surface area contributed by atoms with Crippen LogP contribution in [0, 0.1) is 40.9 Å². The Morgan fingerprint density at radius 3 is 2.38 bits per heavy atom. The summed E-state index contributed by atoms with van der Waals surface area (Å²) in [6, 6.07) is 0.115. The van der Waals surface area contributed by atoms with Crippen LogP contribution in [0.2, 0.25) is 0 Å². The van der Waals surface area contributed by atoms with E-state index in [2.05, 4.69) is 38.8 Å². The molecule has 53 heavy (non-hydrogen) atoms. The molecule has 1 aliphatic heterocycles. The van der Waals surface area contributed by atoms with Crippen molar-refractivity contribution in [3.05, 3.63) is 37.1 Å². The molecule has 0 radical (unpaired) electrons. The van der Waals surface area contributed by atoms with Gasteiger partial charge in [0.25, 0.3) is 15.9 Å². The molecule has 0 spiro atoms. The number of likely N-dealkylation sites (tertiary alicyclic amines) is 1. The Hall–Kier alpha value is -4.29. The van der Waals surface area contributed by atoms with Gasteiger partial charge >= 0.3 is 6.03 Å². The summed E-state index contributed by atoms with van der Waals surface area (Å²) < 4.78 is 27.7. The molecular formula is C38H55N7O7S. The molecule has 1 aromatic heterocycles. The Labute approximate surface area is 313 Å². The first-order valence-corrected chi connectivity index (χ1v) is 19.7. The van der Waals surface area contributed by atoms with Crippen molar-refractivity contribution in [2.75, 3.05) is 26.7 Å². The third-order valence-electron chi connectivity index (χ3n) is 11.1. The molecule has 2 aliphatic carbocycles. The number of likely N-dealkylation sites (N-methyl/N-ethyl adjacent to an activating group) is 1. The standard InChI is InChI=1S/C38H55N7O7S/c1-9-16-26(32(46)34(48)40-20-10-2)41-33(47)31-29-25(38(29,6)7)22-45(31)35(49)30(24-17-12-11-13-18-24)43-36(50)42-27(37(3,4)5)23-44(8)53(51,52)28-19-14-15-21-39-28/h1,10,14-15,19,21,24-27,29-31H,2,11-13,16-18,20,22-23H2,3-8H3,(H,40,48)(H,41,47)(H2,42,43,50)/t25-,26?,27+,29-,30-,31-/m0/s1. The Kier molecular flexibility index (Phi) is 13.1. The number of nitrogens with one attached hydrogen (secondary N) is 4. The number of rotatable bonds is 15. The highest BCUT2D eigenvalue weighted by Crippen LogP contribution is 2.65. The lowest BCUT2D eigenvalue weighted by Gasteiger charge is -2.38. The van der Waals surface area contributed by atoms with Crippen LogP contribution in [-0.2, 0) is 29.2 Å². The number of Topliss-reactive ketones (excluding diaryl/α,β-unsaturated/α-hetero) is 1. The number of nitrogens with zero attached hydrogens (tertiary/aromatic N) is 3. The fourth-order valence-electron chi connectivity index (χ4n) is 7.73. The van der Waals surface area contributed by atoms with Crippen LogP contribution in [0.1, 0.15) is 73.1 Å². The van der Waals surface area contributed by atoms with Crippen LogP contribution in [0.3, 0.4) is 0 Å². The van der Waals surface area contributed by atoms with E-state index >= 15 is 0 Å². The highest BCUT2D eigenvalue weighted by molar-refractivity contribution is 7.89. The van der Waals surface area contributed by atoms with E-state index in [0.717, 1.165) is 23.6 Å². The second kappa shape index (κ2) is 16.8. The molecule has 6 atom stereocenters. The van der Waals surface area contributed by atoms with Crippen molar-refractivity contribution < 1.29 is 32.4 Å². The third-order valence-corrected chi connectivity index (χ3v) is 12.9. The number of carbonyl (C=O) groups excluding carboxylic acids is 5. The molecule has 3 fully saturated rings. The van der Waals surface area contributed by atoms with Gasteiger partial charge in [0.2, 0.25) is 17.6 Å². The summed E-state index contributed by atoms with van der Waals surface area (Å²) in [7, 11) is -2.53. The lowest BCUT2D eigenvalue weighted by atomic mass is 9.83. The van der Waals surface area contributed by atoms with Gasteiger partial charge in [0.1, 0.15) is 18.1 Å². The Bertz CT molecular complexity index is 1700. The number of hydrogen-bond donors (Lipinski definition) is 4. The van der Waals surface area contributed by atoms with Crippen molar-refractivity contribution in [1.82, 2.24) is 35.5 Å². The van der Waals surface area contributed by atoms with Crippen LogP contribution >= 0.6 is 0 Å². The highest BCUT2D eigenvalue weighted by atomic mass is 32.2. The Morgan fingerprint density at radius 1 is 1.11 bits per heavy atom. The van der Waals surface area contributed by atoms with Crippen molar-refractivity contribution in [2.24, 2.45) is 28.6 Å². The second-order valence-corrected chi connectivity index (χ2v) is 18.1. The molecule has 4 N–H and O–H groups in total. The van der Waals surface area contributed by atoms with E-state index in [1.165, 1.54) is 30.3 Å². The number of aromatic nitrogens is 1. The average molecular weight is 754 g/mol. The molecule has 2 saturated carbocycles. The van der Waals surface area contributed by atoms with Crippen LogP contribution in [0.5, 0.6) is 0 Å². The van der Waals surface area contributed by atoms with E-state index in [9.17, 15) is 32.4 Å². The van der Waals surface area contributed by atoms with E-state index in [1.54, 1.807) is 12.1 Å². The minimum Gasteiger partial charge on any atom is -0.346 e. The molecule has 4 rings (SSSR count). The van der Waals surface area contributed by atoms with E-state index in [0.29, 0.717) is 12.8 Å². The van der Waals surface area contributed by atoms with Crippen LogP contribution in [0.4, 0.5) is 4.79 Å².